The minimum absolute atomic E-state index is 0.192. The number of nitrogens with one attached hydrogen (secondary N) is 1. The van der Waals surface area contributed by atoms with E-state index < -0.39 is 0 Å². The molecule has 1 unspecified atom stereocenters. The lowest BCUT2D eigenvalue weighted by molar-refractivity contribution is -0.923. The number of rotatable bonds is 5. The number of esters is 1. The van der Waals surface area contributed by atoms with Crippen LogP contribution in [0, 0.1) is 5.82 Å². The number of para-hydroxylation sites is 1. The third-order valence-corrected chi connectivity index (χ3v) is 4.66. The predicted molar refractivity (Wildman–Crippen MR) is 95.1 cm³/mol. The van der Waals surface area contributed by atoms with Crippen LogP contribution in [0.25, 0.3) is 0 Å². The van der Waals surface area contributed by atoms with E-state index in [0.29, 0.717) is 25.4 Å². The summed E-state index contributed by atoms with van der Waals surface area (Å²) >= 11 is 0. The Morgan fingerprint density at radius 1 is 1.12 bits per heavy atom. The van der Waals surface area contributed by atoms with E-state index in [1.165, 1.54) is 6.07 Å². The quantitative estimate of drug-likeness (QED) is 0.841. The fourth-order valence-corrected chi connectivity index (χ4v) is 3.44. The Balaban J connectivity index is 1.74. The van der Waals surface area contributed by atoms with Crippen LogP contribution in [0.15, 0.2) is 54.6 Å². The molecule has 1 aliphatic rings. The molecule has 3 rings (SSSR count). The molecule has 25 heavy (non-hydrogen) atoms. The molecule has 1 atom stereocenters. The summed E-state index contributed by atoms with van der Waals surface area (Å²) in [5.41, 5.74) is 1.60. The molecule has 1 aliphatic heterocycles. The average Bonchev–Trinajstić information content (AvgIpc) is 2.64. The highest BCUT2D eigenvalue weighted by Crippen LogP contribution is 2.19. The van der Waals surface area contributed by atoms with Gasteiger partial charge in [-0.25, -0.2) is 9.18 Å². The first-order valence-electron chi connectivity index (χ1n) is 8.76. The second-order valence-corrected chi connectivity index (χ2v) is 6.19. The molecule has 132 valence electrons. The van der Waals surface area contributed by atoms with Gasteiger partial charge in [0.15, 0.2) is 0 Å². The molecule has 2 aromatic rings. The van der Waals surface area contributed by atoms with E-state index in [4.69, 9.17) is 4.74 Å². The average molecular weight is 343 g/mol. The van der Waals surface area contributed by atoms with E-state index in [2.05, 4.69) is 0 Å². The number of benzene rings is 2. The van der Waals surface area contributed by atoms with Gasteiger partial charge in [0.05, 0.1) is 38.5 Å². The van der Waals surface area contributed by atoms with Gasteiger partial charge in [-0.05, 0) is 19.1 Å². The fourth-order valence-electron chi connectivity index (χ4n) is 3.44. The van der Waals surface area contributed by atoms with Crippen LogP contribution in [0.4, 0.5) is 10.1 Å². The predicted octanol–water partition coefficient (Wildman–Crippen LogP) is 1.83. The standard InChI is InChI=1S/C20H23FN2O2/c1-2-25-20(24)19(16-8-4-3-5-9-16)23-14-12-22(13-15-23)18-11-7-6-10-17(18)21/h3-11,19H,2,12-15H2,1H3/p+1. The lowest BCUT2D eigenvalue weighted by Gasteiger charge is -2.36. The lowest BCUT2D eigenvalue weighted by atomic mass is 10.0. The monoisotopic (exact) mass is 343 g/mol. The molecule has 0 aromatic heterocycles. The zero-order valence-corrected chi connectivity index (χ0v) is 14.5. The Kier molecular flexibility index (Phi) is 5.66. The topological polar surface area (TPSA) is 34.0 Å². The van der Waals surface area contributed by atoms with Crippen LogP contribution in [0.1, 0.15) is 18.5 Å². The Morgan fingerprint density at radius 3 is 2.40 bits per heavy atom. The summed E-state index contributed by atoms with van der Waals surface area (Å²) in [5, 5.41) is 0. The number of nitrogens with zero attached hydrogens (tertiary/aromatic N) is 1. The molecular formula is C20H24FN2O2+. The van der Waals surface area contributed by atoms with Gasteiger partial charge in [0.2, 0.25) is 6.04 Å². The van der Waals surface area contributed by atoms with Crippen molar-refractivity contribution in [2.24, 2.45) is 0 Å². The third-order valence-electron chi connectivity index (χ3n) is 4.66. The Labute approximate surface area is 147 Å². The van der Waals surface area contributed by atoms with Crippen LogP contribution in [0.3, 0.4) is 0 Å². The highest BCUT2D eigenvalue weighted by atomic mass is 19.1. The van der Waals surface area contributed by atoms with E-state index in [1.807, 2.05) is 48.2 Å². The minimum Gasteiger partial charge on any atom is -0.461 e. The molecule has 0 spiro atoms. The van der Waals surface area contributed by atoms with E-state index in [9.17, 15) is 9.18 Å². The van der Waals surface area contributed by atoms with Crippen LogP contribution in [-0.2, 0) is 9.53 Å². The maximum Gasteiger partial charge on any atom is 0.369 e. The molecule has 0 bridgehead atoms. The summed E-state index contributed by atoms with van der Waals surface area (Å²) in [6, 6.07) is 16.3. The van der Waals surface area contributed by atoms with Crippen LogP contribution in [0.5, 0.6) is 0 Å². The van der Waals surface area contributed by atoms with Gasteiger partial charge in [0.1, 0.15) is 5.82 Å². The molecule has 1 fully saturated rings. The zero-order valence-electron chi connectivity index (χ0n) is 14.5. The van der Waals surface area contributed by atoms with Crippen molar-refractivity contribution in [2.45, 2.75) is 13.0 Å². The summed E-state index contributed by atoms with van der Waals surface area (Å²) < 4.78 is 19.3. The molecule has 4 nitrogen and oxygen atoms in total. The number of hydrogen-bond donors (Lipinski definition) is 1. The summed E-state index contributed by atoms with van der Waals surface area (Å²) in [6.45, 7) is 5.12. The summed E-state index contributed by atoms with van der Waals surface area (Å²) in [5.74, 6) is -0.390. The van der Waals surface area contributed by atoms with Crippen molar-refractivity contribution in [3.63, 3.8) is 0 Å². The molecule has 0 amide bonds. The number of carbonyl (C=O) groups is 1. The number of anilines is 1. The summed E-state index contributed by atoms with van der Waals surface area (Å²) in [7, 11) is 0. The van der Waals surface area contributed by atoms with Crippen LogP contribution in [0.2, 0.25) is 0 Å². The van der Waals surface area contributed by atoms with Gasteiger partial charge in [-0.3, -0.25) is 0 Å². The van der Waals surface area contributed by atoms with Gasteiger partial charge in [0.25, 0.3) is 0 Å². The minimum atomic E-state index is -0.330. The van der Waals surface area contributed by atoms with Gasteiger partial charge >= 0.3 is 5.97 Å². The van der Waals surface area contributed by atoms with Crippen LogP contribution >= 0.6 is 0 Å². The highest BCUT2D eigenvalue weighted by Gasteiger charge is 2.35. The van der Waals surface area contributed by atoms with Gasteiger partial charge in [-0.2, -0.15) is 0 Å². The first-order chi connectivity index (χ1) is 12.2. The van der Waals surface area contributed by atoms with Crippen molar-refractivity contribution in [1.82, 2.24) is 0 Å². The number of ether oxygens (including phenoxy) is 1. The van der Waals surface area contributed by atoms with E-state index in [1.54, 1.807) is 12.1 Å². The zero-order chi connectivity index (χ0) is 17.6. The van der Waals surface area contributed by atoms with Crippen molar-refractivity contribution >= 4 is 11.7 Å². The molecule has 0 radical (unpaired) electrons. The molecule has 1 N–H and O–H groups in total. The highest BCUT2D eigenvalue weighted by molar-refractivity contribution is 5.76. The fraction of sp³-hybridized carbons (Fsp3) is 0.350. The third kappa shape index (κ3) is 3.99. The number of hydrogen-bond acceptors (Lipinski definition) is 3. The largest absolute Gasteiger partial charge is 0.461 e. The maximum atomic E-state index is 14.0. The molecule has 5 heteroatoms. The van der Waals surface area contributed by atoms with Gasteiger partial charge < -0.3 is 14.5 Å². The Morgan fingerprint density at radius 2 is 1.76 bits per heavy atom. The molecule has 0 saturated carbocycles. The van der Waals surface area contributed by atoms with Crippen molar-refractivity contribution in [3.8, 4) is 0 Å². The Bertz CT molecular complexity index is 700. The summed E-state index contributed by atoms with van der Waals surface area (Å²) in [6.07, 6.45) is 0. The Hall–Kier alpha value is -2.40. The van der Waals surface area contributed by atoms with Crippen molar-refractivity contribution in [3.05, 3.63) is 66.0 Å². The normalized spacial score (nSPS) is 16.5. The first-order valence-corrected chi connectivity index (χ1v) is 8.76. The summed E-state index contributed by atoms with van der Waals surface area (Å²) in [4.78, 5) is 15.7. The van der Waals surface area contributed by atoms with E-state index in [0.717, 1.165) is 23.6 Å². The second-order valence-electron chi connectivity index (χ2n) is 6.19. The van der Waals surface area contributed by atoms with Gasteiger partial charge in [-0.15, -0.1) is 0 Å². The molecule has 2 aromatic carbocycles. The smallest absolute Gasteiger partial charge is 0.369 e. The molecule has 1 heterocycles. The van der Waals surface area contributed by atoms with Crippen molar-refractivity contribution in [2.75, 3.05) is 37.7 Å². The van der Waals surface area contributed by atoms with E-state index in [-0.39, 0.29) is 17.8 Å². The van der Waals surface area contributed by atoms with Gasteiger partial charge in [0, 0.05) is 5.56 Å². The second kappa shape index (κ2) is 8.12. The first kappa shape index (κ1) is 17.4. The lowest BCUT2D eigenvalue weighted by Crippen LogP contribution is -3.16. The maximum absolute atomic E-state index is 14.0. The van der Waals surface area contributed by atoms with Gasteiger partial charge in [-0.1, -0.05) is 42.5 Å². The van der Waals surface area contributed by atoms with Crippen LogP contribution in [-0.4, -0.2) is 38.8 Å². The number of halogens is 1. The van der Waals surface area contributed by atoms with E-state index >= 15 is 0 Å². The number of quaternary nitrogens is 1. The molecular weight excluding hydrogens is 319 g/mol. The molecule has 1 saturated heterocycles. The number of carbonyl (C=O) groups excluding carboxylic acids is 1. The van der Waals surface area contributed by atoms with Crippen molar-refractivity contribution < 1.29 is 18.8 Å². The number of piperazine rings is 1. The van der Waals surface area contributed by atoms with Crippen molar-refractivity contribution in [1.29, 1.82) is 0 Å². The SMILES string of the molecule is CCOC(=O)C(c1ccccc1)[NH+]1CCN(c2ccccc2F)CC1. The van der Waals surface area contributed by atoms with Crippen LogP contribution < -0.4 is 9.80 Å². The molecule has 0 aliphatic carbocycles.